The van der Waals surface area contributed by atoms with Crippen molar-refractivity contribution in [2.75, 3.05) is 0 Å². The van der Waals surface area contributed by atoms with Crippen LogP contribution in [0.5, 0.6) is 11.5 Å². The Morgan fingerprint density at radius 1 is 1.58 bits per heavy atom. The topological polar surface area (TPSA) is 53.2 Å². The highest BCUT2D eigenvalue weighted by molar-refractivity contribution is 5.46. The van der Waals surface area contributed by atoms with Crippen LogP contribution < -0.4 is 4.74 Å². The van der Waals surface area contributed by atoms with E-state index in [1.807, 2.05) is 6.07 Å². The van der Waals surface area contributed by atoms with Gasteiger partial charge in [0.25, 0.3) is 0 Å². The van der Waals surface area contributed by atoms with E-state index in [-0.39, 0.29) is 11.3 Å². The van der Waals surface area contributed by atoms with Gasteiger partial charge in [-0.05, 0) is 12.1 Å². The van der Waals surface area contributed by atoms with Gasteiger partial charge < -0.3 is 9.84 Å². The lowest BCUT2D eigenvalue weighted by atomic mass is 10.2. The van der Waals surface area contributed by atoms with Crippen LogP contribution in [0.25, 0.3) is 0 Å². The molecular weight excluding hydrogens is 154 g/mol. The lowest BCUT2D eigenvalue weighted by molar-refractivity contribution is 0.454. The van der Waals surface area contributed by atoms with Gasteiger partial charge in [0.05, 0.1) is 11.8 Å². The standard InChI is InChI=1S/C9H7NO2/c1-2-12-8-4-3-7(6-10)9(11)5-8/h2-5,11H,1H2. The number of nitrogens with zero attached hydrogens (tertiary/aromatic N) is 1. The number of nitriles is 1. The quantitative estimate of drug-likeness (QED) is 0.672. The van der Waals surface area contributed by atoms with Gasteiger partial charge in [-0.25, -0.2) is 0 Å². The molecule has 0 unspecified atom stereocenters. The summed E-state index contributed by atoms with van der Waals surface area (Å²) in [6.07, 6.45) is 1.25. The number of hydrogen-bond donors (Lipinski definition) is 1. The van der Waals surface area contributed by atoms with E-state index in [4.69, 9.17) is 10.00 Å². The van der Waals surface area contributed by atoms with E-state index >= 15 is 0 Å². The van der Waals surface area contributed by atoms with Crippen LogP contribution in [0.1, 0.15) is 5.56 Å². The third kappa shape index (κ3) is 1.55. The molecule has 0 saturated heterocycles. The Hall–Kier alpha value is -1.95. The molecule has 0 fully saturated rings. The smallest absolute Gasteiger partial charge is 0.137 e. The predicted octanol–water partition coefficient (Wildman–Crippen LogP) is 1.79. The summed E-state index contributed by atoms with van der Waals surface area (Å²) in [6.45, 7) is 3.36. The largest absolute Gasteiger partial charge is 0.506 e. The molecule has 3 heteroatoms. The fourth-order valence-electron chi connectivity index (χ4n) is 0.776. The normalized spacial score (nSPS) is 8.58. The monoisotopic (exact) mass is 161 g/mol. The van der Waals surface area contributed by atoms with Crippen molar-refractivity contribution < 1.29 is 9.84 Å². The molecule has 3 nitrogen and oxygen atoms in total. The number of benzene rings is 1. The Morgan fingerprint density at radius 3 is 2.83 bits per heavy atom. The molecule has 1 aromatic rings. The first kappa shape index (κ1) is 8.15. The fourth-order valence-corrected chi connectivity index (χ4v) is 0.776. The Morgan fingerprint density at radius 2 is 2.33 bits per heavy atom. The van der Waals surface area contributed by atoms with Crippen LogP contribution in [0, 0.1) is 11.3 Å². The molecule has 0 heterocycles. The van der Waals surface area contributed by atoms with E-state index in [1.165, 1.54) is 18.4 Å². The SMILES string of the molecule is C=COc1ccc(C#N)c(O)c1. The predicted molar refractivity (Wildman–Crippen MR) is 43.6 cm³/mol. The molecule has 0 bridgehead atoms. The number of rotatable bonds is 2. The molecule has 1 N–H and O–H groups in total. The summed E-state index contributed by atoms with van der Waals surface area (Å²) in [5.74, 6) is 0.373. The minimum Gasteiger partial charge on any atom is -0.506 e. The zero-order chi connectivity index (χ0) is 8.97. The number of aromatic hydroxyl groups is 1. The average Bonchev–Trinajstić information content (AvgIpc) is 2.05. The molecule has 0 aliphatic heterocycles. The minimum atomic E-state index is -0.0862. The van der Waals surface area contributed by atoms with Gasteiger partial charge in [0.15, 0.2) is 0 Å². The van der Waals surface area contributed by atoms with Crippen LogP contribution in [-0.4, -0.2) is 5.11 Å². The van der Waals surface area contributed by atoms with Gasteiger partial charge in [0, 0.05) is 6.07 Å². The summed E-state index contributed by atoms with van der Waals surface area (Å²) < 4.78 is 4.88. The van der Waals surface area contributed by atoms with Gasteiger partial charge in [-0.3, -0.25) is 0 Å². The van der Waals surface area contributed by atoms with Crippen molar-refractivity contribution in [1.82, 2.24) is 0 Å². The molecule has 0 aromatic heterocycles. The maximum atomic E-state index is 9.18. The van der Waals surface area contributed by atoms with Crippen molar-refractivity contribution in [3.05, 3.63) is 36.6 Å². The Kier molecular flexibility index (Phi) is 2.34. The first-order chi connectivity index (χ1) is 5.77. The van der Waals surface area contributed by atoms with E-state index in [0.29, 0.717) is 5.75 Å². The average molecular weight is 161 g/mol. The summed E-state index contributed by atoms with van der Waals surface area (Å²) in [6, 6.07) is 6.26. The molecule has 0 radical (unpaired) electrons. The van der Waals surface area contributed by atoms with Crippen molar-refractivity contribution in [3.8, 4) is 17.6 Å². The lowest BCUT2D eigenvalue weighted by Crippen LogP contribution is -1.82. The summed E-state index contributed by atoms with van der Waals surface area (Å²) in [5, 5.41) is 17.6. The minimum absolute atomic E-state index is 0.0862. The summed E-state index contributed by atoms with van der Waals surface area (Å²) in [4.78, 5) is 0. The first-order valence-corrected chi connectivity index (χ1v) is 3.28. The third-order valence-electron chi connectivity index (χ3n) is 1.31. The van der Waals surface area contributed by atoms with Crippen molar-refractivity contribution >= 4 is 0 Å². The Balaban J connectivity index is 3.03. The summed E-state index contributed by atoms with van der Waals surface area (Å²) >= 11 is 0. The molecule has 0 amide bonds. The highest BCUT2D eigenvalue weighted by Gasteiger charge is 2.00. The molecule has 0 saturated carbocycles. The second-order valence-electron chi connectivity index (χ2n) is 2.08. The number of phenolic OH excluding ortho intramolecular Hbond substituents is 1. The molecule has 0 aliphatic carbocycles. The van der Waals surface area contributed by atoms with Crippen molar-refractivity contribution in [3.63, 3.8) is 0 Å². The first-order valence-electron chi connectivity index (χ1n) is 3.28. The molecule has 0 atom stereocenters. The molecule has 60 valence electrons. The molecule has 12 heavy (non-hydrogen) atoms. The van der Waals surface area contributed by atoms with Gasteiger partial charge in [0.2, 0.25) is 0 Å². The van der Waals surface area contributed by atoms with E-state index in [0.717, 1.165) is 0 Å². The lowest BCUT2D eigenvalue weighted by Gasteiger charge is -2.00. The second kappa shape index (κ2) is 3.44. The van der Waals surface area contributed by atoms with E-state index in [9.17, 15) is 5.11 Å². The second-order valence-corrected chi connectivity index (χ2v) is 2.08. The zero-order valence-corrected chi connectivity index (χ0v) is 6.32. The Labute approximate surface area is 70.1 Å². The van der Waals surface area contributed by atoms with Crippen LogP contribution >= 0.6 is 0 Å². The van der Waals surface area contributed by atoms with E-state index < -0.39 is 0 Å². The summed E-state index contributed by atoms with van der Waals surface area (Å²) in [5.41, 5.74) is 0.228. The van der Waals surface area contributed by atoms with Crippen LogP contribution in [-0.2, 0) is 0 Å². The molecule has 0 spiro atoms. The highest BCUT2D eigenvalue weighted by atomic mass is 16.5. The molecular formula is C9H7NO2. The van der Waals surface area contributed by atoms with Gasteiger partial charge in [0.1, 0.15) is 17.6 Å². The number of hydrogen-bond acceptors (Lipinski definition) is 3. The van der Waals surface area contributed by atoms with Crippen LogP contribution in [0.3, 0.4) is 0 Å². The molecule has 1 rings (SSSR count). The number of phenols is 1. The van der Waals surface area contributed by atoms with E-state index in [2.05, 4.69) is 6.58 Å². The van der Waals surface area contributed by atoms with Gasteiger partial charge in [-0.1, -0.05) is 6.58 Å². The zero-order valence-electron chi connectivity index (χ0n) is 6.32. The maximum absolute atomic E-state index is 9.18. The number of ether oxygens (including phenoxy) is 1. The van der Waals surface area contributed by atoms with Crippen LogP contribution in [0.4, 0.5) is 0 Å². The van der Waals surface area contributed by atoms with Crippen molar-refractivity contribution in [2.24, 2.45) is 0 Å². The summed E-state index contributed by atoms with van der Waals surface area (Å²) in [7, 11) is 0. The van der Waals surface area contributed by atoms with Crippen molar-refractivity contribution in [1.29, 1.82) is 5.26 Å². The highest BCUT2D eigenvalue weighted by Crippen LogP contribution is 2.22. The van der Waals surface area contributed by atoms with Gasteiger partial charge >= 0.3 is 0 Å². The maximum Gasteiger partial charge on any atom is 0.137 e. The van der Waals surface area contributed by atoms with Gasteiger partial charge in [-0.2, -0.15) is 5.26 Å². The fraction of sp³-hybridized carbons (Fsp3) is 0. The van der Waals surface area contributed by atoms with Crippen LogP contribution in [0.2, 0.25) is 0 Å². The van der Waals surface area contributed by atoms with Crippen molar-refractivity contribution in [2.45, 2.75) is 0 Å². The molecule has 0 aliphatic rings. The third-order valence-corrected chi connectivity index (χ3v) is 1.31. The Bertz CT molecular complexity index is 339. The van der Waals surface area contributed by atoms with Crippen LogP contribution in [0.15, 0.2) is 31.0 Å². The molecule has 1 aromatic carbocycles. The van der Waals surface area contributed by atoms with Gasteiger partial charge in [-0.15, -0.1) is 0 Å². The van der Waals surface area contributed by atoms with E-state index in [1.54, 1.807) is 6.07 Å².